The molecule has 1 aliphatic heterocycles. The van der Waals surface area contributed by atoms with Crippen molar-refractivity contribution in [3.05, 3.63) is 21.9 Å². The maximum Gasteiger partial charge on any atom is 0.331 e. The maximum atomic E-state index is 12.3. The van der Waals surface area contributed by atoms with Gasteiger partial charge < -0.3 is 0 Å². The van der Waals surface area contributed by atoms with Crippen LogP contribution in [0.1, 0.15) is 24.3 Å². The molecule has 5 nitrogen and oxygen atoms in total. The summed E-state index contributed by atoms with van der Waals surface area (Å²) in [5, 5.41) is 4.17. The number of aryl methyl sites for hydroxylation is 1. The highest BCUT2D eigenvalue weighted by atomic mass is 32.1. The van der Waals surface area contributed by atoms with Gasteiger partial charge in [-0.05, 0) is 29.9 Å². The SMILES string of the molecule is Cc1ccsc1CN1C(=O)NC(=O)C(C(C)C)C1=O. The van der Waals surface area contributed by atoms with Gasteiger partial charge in [-0.3, -0.25) is 19.8 Å². The van der Waals surface area contributed by atoms with Gasteiger partial charge in [0.2, 0.25) is 11.8 Å². The van der Waals surface area contributed by atoms with Gasteiger partial charge in [0, 0.05) is 4.88 Å². The highest BCUT2D eigenvalue weighted by molar-refractivity contribution is 7.10. The lowest BCUT2D eigenvalue weighted by Gasteiger charge is -2.31. The zero-order valence-electron chi connectivity index (χ0n) is 11.1. The van der Waals surface area contributed by atoms with E-state index in [9.17, 15) is 14.4 Å². The average molecular weight is 280 g/mol. The molecule has 1 fully saturated rings. The fourth-order valence-corrected chi connectivity index (χ4v) is 2.97. The van der Waals surface area contributed by atoms with Crippen molar-refractivity contribution in [2.45, 2.75) is 27.3 Å². The Morgan fingerprint density at radius 1 is 1.37 bits per heavy atom. The Kier molecular flexibility index (Phi) is 3.71. The highest BCUT2D eigenvalue weighted by Crippen LogP contribution is 2.23. The van der Waals surface area contributed by atoms with E-state index >= 15 is 0 Å². The smallest absolute Gasteiger partial charge is 0.277 e. The number of barbiturate groups is 1. The van der Waals surface area contributed by atoms with Gasteiger partial charge in [-0.2, -0.15) is 0 Å². The Bertz CT molecular complexity index is 536. The lowest BCUT2D eigenvalue weighted by molar-refractivity contribution is -0.144. The van der Waals surface area contributed by atoms with Gasteiger partial charge in [-0.15, -0.1) is 11.3 Å². The molecule has 2 rings (SSSR count). The number of imide groups is 2. The van der Waals surface area contributed by atoms with E-state index in [1.165, 1.54) is 11.3 Å². The number of hydrogen-bond donors (Lipinski definition) is 1. The molecule has 1 atom stereocenters. The highest BCUT2D eigenvalue weighted by Gasteiger charge is 2.42. The lowest BCUT2D eigenvalue weighted by atomic mass is 9.92. The van der Waals surface area contributed by atoms with Crippen LogP contribution >= 0.6 is 11.3 Å². The Balaban J connectivity index is 2.24. The molecule has 0 aromatic carbocycles. The molecule has 4 amide bonds. The topological polar surface area (TPSA) is 66.5 Å². The second-order valence-corrected chi connectivity index (χ2v) is 5.97. The molecule has 2 heterocycles. The molecule has 0 saturated carbocycles. The number of nitrogens with zero attached hydrogens (tertiary/aromatic N) is 1. The lowest BCUT2D eigenvalue weighted by Crippen LogP contribution is -2.58. The molecule has 1 saturated heterocycles. The third-order valence-corrected chi connectivity index (χ3v) is 4.23. The molecular formula is C13H16N2O3S. The number of urea groups is 1. The fraction of sp³-hybridized carbons (Fsp3) is 0.462. The molecule has 6 heteroatoms. The number of thiophene rings is 1. The van der Waals surface area contributed by atoms with Crippen molar-refractivity contribution in [3.8, 4) is 0 Å². The molecule has 0 spiro atoms. The van der Waals surface area contributed by atoms with Gasteiger partial charge in [0.25, 0.3) is 0 Å². The van der Waals surface area contributed by atoms with Crippen LogP contribution < -0.4 is 5.32 Å². The molecule has 1 aliphatic rings. The van der Waals surface area contributed by atoms with E-state index in [0.717, 1.165) is 15.3 Å². The quantitative estimate of drug-likeness (QED) is 0.860. The van der Waals surface area contributed by atoms with E-state index in [0.29, 0.717) is 0 Å². The summed E-state index contributed by atoms with van der Waals surface area (Å²) in [6.07, 6.45) is 0. The number of amides is 4. The van der Waals surface area contributed by atoms with Crippen molar-refractivity contribution in [1.82, 2.24) is 10.2 Å². The first-order valence-electron chi connectivity index (χ1n) is 6.11. The summed E-state index contributed by atoms with van der Waals surface area (Å²) in [5.41, 5.74) is 1.04. The number of hydrogen-bond acceptors (Lipinski definition) is 4. The van der Waals surface area contributed by atoms with Crippen molar-refractivity contribution in [2.75, 3.05) is 0 Å². The van der Waals surface area contributed by atoms with E-state index in [-0.39, 0.29) is 12.5 Å². The largest absolute Gasteiger partial charge is 0.331 e. The van der Waals surface area contributed by atoms with Crippen LogP contribution in [0.3, 0.4) is 0 Å². The van der Waals surface area contributed by atoms with Crippen molar-refractivity contribution >= 4 is 29.2 Å². The monoisotopic (exact) mass is 280 g/mol. The molecule has 19 heavy (non-hydrogen) atoms. The van der Waals surface area contributed by atoms with E-state index < -0.39 is 23.8 Å². The molecule has 1 unspecified atom stereocenters. The van der Waals surface area contributed by atoms with Crippen LogP contribution in [-0.4, -0.2) is 22.7 Å². The third kappa shape index (κ3) is 2.53. The average Bonchev–Trinajstić information content (AvgIpc) is 2.69. The molecule has 0 aliphatic carbocycles. The van der Waals surface area contributed by atoms with E-state index in [2.05, 4.69) is 5.32 Å². The van der Waals surface area contributed by atoms with Gasteiger partial charge in [0.15, 0.2) is 0 Å². The van der Waals surface area contributed by atoms with Crippen LogP contribution in [0.2, 0.25) is 0 Å². The van der Waals surface area contributed by atoms with Crippen molar-refractivity contribution < 1.29 is 14.4 Å². The Morgan fingerprint density at radius 3 is 2.58 bits per heavy atom. The minimum atomic E-state index is -0.780. The summed E-state index contributed by atoms with van der Waals surface area (Å²) in [6, 6.07) is 1.32. The van der Waals surface area contributed by atoms with Gasteiger partial charge >= 0.3 is 6.03 Å². The molecule has 1 N–H and O–H groups in total. The second-order valence-electron chi connectivity index (χ2n) is 4.97. The minimum Gasteiger partial charge on any atom is -0.277 e. The number of rotatable bonds is 3. The molecule has 1 aromatic heterocycles. The van der Waals surface area contributed by atoms with Crippen molar-refractivity contribution in [1.29, 1.82) is 0 Å². The second kappa shape index (κ2) is 5.13. The van der Waals surface area contributed by atoms with Gasteiger partial charge in [-0.1, -0.05) is 13.8 Å². The van der Waals surface area contributed by atoms with Crippen LogP contribution in [0.15, 0.2) is 11.4 Å². The van der Waals surface area contributed by atoms with Gasteiger partial charge in [-0.25, -0.2) is 4.79 Å². The van der Waals surface area contributed by atoms with E-state index in [1.54, 1.807) is 13.8 Å². The summed E-state index contributed by atoms with van der Waals surface area (Å²) in [7, 11) is 0. The van der Waals surface area contributed by atoms with Crippen LogP contribution in [0.5, 0.6) is 0 Å². The van der Waals surface area contributed by atoms with Crippen molar-refractivity contribution in [3.63, 3.8) is 0 Å². The first-order valence-corrected chi connectivity index (χ1v) is 6.99. The number of carbonyl (C=O) groups is 3. The number of carbonyl (C=O) groups excluding carboxylic acids is 3. The molecule has 102 valence electrons. The van der Waals surface area contributed by atoms with Crippen LogP contribution in [0.4, 0.5) is 4.79 Å². The molecular weight excluding hydrogens is 264 g/mol. The van der Waals surface area contributed by atoms with Crippen LogP contribution in [-0.2, 0) is 16.1 Å². The first kappa shape index (κ1) is 13.7. The van der Waals surface area contributed by atoms with Crippen molar-refractivity contribution in [2.24, 2.45) is 11.8 Å². The molecule has 1 aromatic rings. The van der Waals surface area contributed by atoms with Gasteiger partial charge in [0.05, 0.1) is 6.54 Å². The molecule has 0 radical (unpaired) electrons. The summed E-state index contributed by atoms with van der Waals surface area (Å²) in [4.78, 5) is 37.9. The maximum absolute atomic E-state index is 12.3. The third-order valence-electron chi connectivity index (χ3n) is 3.23. The fourth-order valence-electron chi connectivity index (χ4n) is 2.08. The van der Waals surface area contributed by atoms with E-state index in [4.69, 9.17) is 0 Å². The first-order chi connectivity index (χ1) is 8.91. The summed E-state index contributed by atoms with van der Waals surface area (Å²) < 4.78 is 0. The summed E-state index contributed by atoms with van der Waals surface area (Å²) in [5.74, 6) is -1.81. The predicted molar refractivity (Wildman–Crippen MR) is 71.5 cm³/mol. The Morgan fingerprint density at radius 2 is 2.05 bits per heavy atom. The standard InChI is InChI=1S/C13H16N2O3S/c1-7(2)10-11(16)14-13(18)15(12(10)17)6-9-8(3)4-5-19-9/h4-5,7,10H,6H2,1-3H3,(H,14,16,18). The van der Waals surface area contributed by atoms with Crippen LogP contribution in [0.25, 0.3) is 0 Å². The minimum absolute atomic E-state index is 0.132. The van der Waals surface area contributed by atoms with Gasteiger partial charge in [0.1, 0.15) is 5.92 Å². The summed E-state index contributed by atoms with van der Waals surface area (Å²) >= 11 is 1.50. The normalized spacial score (nSPS) is 20.1. The van der Waals surface area contributed by atoms with Crippen LogP contribution in [0, 0.1) is 18.8 Å². The Hall–Kier alpha value is -1.69. The predicted octanol–water partition coefficient (Wildman–Crippen LogP) is 1.91. The summed E-state index contributed by atoms with van der Waals surface area (Å²) in [6.45, 7) is 5.76. The molecule has 0 bridgehead atoms. The zero-order chi connectivity index (χ0) is 14.2. The zero-order valence-corrected chi connectivity index (χ0v) is 11.9. The Labute approximate surface area is 115 Å². The van der Waals surface area contributed by atoms with E-state index in [1.807, 2.05) is 18.4 Å². The number of nitrogens with one attached hydrogen (secondary N) is 1.